The van der Waals surface area contributed by atoms with Gasteiger partial charge in [0.1, 0.15) is 0 Å². The van der Waals surface area contributed by atoms with Crippen LogP contribution < -0.4 is 0 Å². The highest BCUT2D eigenvalue weighted by Crippen LogP contribution is 1.60. The Morgan fingerprint density at radius 1 is 1.50 bits per heavy atom. The fourth-order valence-electron chi connectivity index (χ4n) is 0. The predicted molar refractivity (Wildman–Crippen MR) is 26.8 cm³/mol. The summed E-state index contributed by atoms with van der Waals surface area (Å²) in [6.07, 6.45) is -1.25. The van der Waals surface area contributed by atoms with Crippen LogP contribution in [0.15, 0.2) is 0 Å². The minimum atomic E-state index is -1.25. The molecule has 0 aromatic rings. The summed E-state index contributed by atoms with van der Waals surface area (Å²) >= 11 is 0. The average molecular weight is 126 g/mol. The van der Waals surface area contributed by atoms with E-state index in [1.165, 1.54) is 0 Å². The zero-order chi connectivity index (χ0) is 6.28. The molecule has 0 amide bonds. The van der Waals surface area contributed by atoms with E-state index in [2.05, 4.69) is 4.74 Å². The second-order valence-electron chi connectivity index (χ2n) is 0.470. The molecule has 0 atom stereocenters. The predicted octanol–water partition coefficient (Wildman–Crippen LogP) is -0.905. The van der Waals surface area contributed by atoms with Gasteiger partial charge in [-0.1, -0.05) is 0 Å². The van der Waals surface area contributed by atoms with E-state index in [0.29, 0.717) is 0 Å². The summed E-state index contributed by atoms with van der Waals surface area (Å²) in [5, 5.41) is 14.5. The summed E-state index contributed by atoms with van der Waals surface area (Å²) < 4.78 is 3.67. The van der Waals surface area contributed by atoms with Crippen molar-refractivity contribution in [2.24, 2.45) is 0 Å². The number of methoxy groups -OCH3 is 1. The number of carboxylic acid groups (broad SMARTS) is 1. The fourth-order valence-corrected chi connectivity index (χ4v) is 0. The average Bonchev–Trinajstić information content (AvgIpc) is 1.73. The van der Waals surface area contributed by atoms with Gasteiger partial charge in [-0.15, -0.1) is 0 Å². The van der Waals surface area contributed by atoms with Crippen LogP contribution in [0.2, 0.25) is 0 Å². The molecule has 0 spiro atoms. The van der Waals surface area contributed by atoms with Crippen molar-refractivity contribution in [1.29, 1.82) is 0 Å². The normalized spacial score (nSPS) is 4.88. The van der Waals surface area contributed by atoms with Crippen LogP contribution in [0.25, 0.3) is 0 Å². The number of aliphatic hydroxyl groups excluding tert-OH is 1. The molecule has 0 aliphatic heterocycles. The van der Waals surface area contributed by atoms with Crippen LogP contribution in [0, 0.1) is 0 Å². The molecule has 52 valence electrons. The third kappa shape index (κ3) is 64.3. The van der Waals surface area contributed by atoms with Crippen molar-refractivity contribution in [2.45, 2.75) is 0 Å². The first-order valence-electron chi connectivity index (χ1n) is 1.49. The highest BCUT2D eigenvalue weighted by Gasteiger charge is 1.80. The minimum absolute atomic E-state index is 0. The van der Waals surface area contributed by atoms with Gasteiger partial charge in [0, 0.05) is 7.11 Å². The molecule has 0 bridgehead atoms. The molecule has 5 heteroatoms. The quantitative estimate of drug-likeness (QED) is 0.410. The number of ether oxygens (including phenoxy) is 1. The van der Waals surface area contributed by atoms with E-state index < -0.39 is 6.16 Å². The van der Waals surface area contributed by atoms with E-state index in [0.717, 1.165) is 14.2 Å². The van der Waals surface area contributed by atoms with Gasteiger partial charge in [0.05, 0.1) is 7.11 Å². The third-order valence-corrected chi connectivity index (χ3v) is 0.175. The standard InChI is InChI=1S/C2H4O3.CH4O.H2O/c1-5-2(3)4;1-2;/h1H3,(H,3,4);2H,1H3;1H2. The van der Waals surface area contributed by atoms with Gasteiger partial charge in [-0.2, -0.15) is 0 Å². The van der Waals surface area contributed by atoms with E-state index in [4.69, 9.17) is 15.0 Å². The lowest BCUT2D eigenvalue weighted by molar-refractivity contribution is 0.114. The van der Waals surface area contributed by atoms with Crippen molar-refractivity contribution in [3.8, 4) is 0 Å². The number of hydrogen-bond acceptors (Lipinski definition) is 3. The van der Waals surface area contributed by atoms with Crippen LogP contribution in [0.1, 0.15) is 0 Å². The molecule has 0 rings (SSSR count). The molecule has 5 nitrogen and oxygen atoms in total. The molecule has 4 N–H and O–H groups in total. The zero-order valence-electron chi connectivity index (χ0n) is 4.71. The summed E-state index contributed by atoms with van der Waals surface area (Å²) in [5.41, 5.74) is 0. The molecular weight excluding hydrogens is 116 g/mol. The van der Waals surface area contributed by atoms with Gasteiger partial charge in [-0.3, -0.25) is 0 Å². The molecule has 0 aliphatic rings. The van der Waals surface area contributed by atoms with E-state index in [1.807, 2.05) is 0 Å². The maximum absolute atomic E-state index is 9.15. The van der Waals surface area contributed by atoms with Crippen molar-refractivity contribution >= 4 is 6.16 Å². The first-order chi connectivity index (χ1) is 3.27. The second-order valence-corrected chi connectivity index (χ2v) is 0.470. The van der Waals surface area contributed by atoms with E-state index in [9.17, 15) is 0 Å². The molecule has 0 aromatic carbocycles. The molecule has 0 heterocycles. The highest BCUT2D eigenvalue weighted by atomic mass is 16.6. The van der Waals surface area contributed by atoms with Crippen molar-refractivity contribution in [3.63, 3.8) is 0 Å². The van der Waals surface area contributed by atoms with Crippen LogP contribution in [0.4, 0.5) is 4.79 Å². The van der Waals surface area contributed by atoms with Crippen molar-refractivity contribution < 1.29 is 25.2 Å². The Hall–Kier alpha value is -0.810. The van der Waals surface area contributed by atoms with E-state index in [1.54, 1.807) is 0 Å². The number of carbonyl (C=O) groups is 1. The molecule has 0 fully saturated rings. The summed E-state index contributed by atoms with van der Waals surface area (Å²) in [7, 11) is 2.10. The Bertz CT molecular complexity index is 42.9. The van der Waals surface area contributed by atoms with Gasteiger partial charge >= 0.3 is 6.16 Å². The van der Waals surface area contributed by atoms with Gasteiger partial charge in [0.15, 0.2) is 0 Å². The van der Waals surface area contributed by atoms with Crippen molar-refractivity contribution in [1.82, 2.24) is 0 Å². The van der Waals surface area contributed by atoms with Crippen LogP contribution >= 0.6 is 0 Å². The van der Waals surface area contributed by atoms with Gasteiger partial charge in [-0.05, 0) is 0 Å². The van der Waals surface area contributed by atoms with E-state index >= 15 is 0 Å². The first-order valence-corrected chi connectivity index (χ1v) is 1.49. The molecular formula is C3H10O5. The summed E-state index contributed by atoms with van der Waals surface area (Å²) in [6.45, 7) is 0. The SMILES string of the molecule is CO.COC(=O)O.O. The monoisotopic (exact) mass is 126 g/mol. The maximum atomic E-state index is 9.15. The largest absolute Gasteiger partial charge is 0.505 e. The number of hydrogen-bond donors (Lipinski definition) is 2. The molecule has 0 unspecified atom stereocenters. The zero-order valence-corrected chi connectivity index (χ0v) is 4.71. The molecule has 0 aromatic heterocycles. The molecule has 8 heavy (non-hydrogen) atoms. The van der Waals surface area contributed by atoms with Crippen molar-refractivity contribution in [3.05, 3.63) is 0 Å². The Labute approximate surface area is 46.8 Å². The van der Waals surface area contributed by atoms with Gasteiger partial charge in [-0.25, -0.2) is 4.79 Å². The minimum Gasteiger partial charge on any atom is -0.450 e. The Morgan fingerprint density at radius 2 is 1.62 bits per heavy atom. The lowest BCUT2D eigenvalue weighted by Crippen LogP contribution is -1.91. The third-order valence-electron chi connectivity index (χ3n) is 0.175. The molecule has 0 radical (unpaired) electrons. The second kappa shape index (κ2) is 16.4. The Morgan fingerprint density at radius 3 is 1.62 bits per heavy atom. The molecule has 0 saturated heterocycles. The number of rotatable bonds is 0. The number of aliphatic hydroxyl groups is 1. The first kappa shape index (κ1) is 15.7. The van der Waals surface area contributed by atoms with Crippen LogP contribution in [0.3, 0.4) is 0 Å². The highest BCUT2D eigenvalue weighted by molar-refractivity contribution is 5.56. The van der Waals surface area contributed by atoms with Gasteiger partial charge in [0.2, 0.25) is 0 Å². The lowest BCUT2D eigenvalue weighted by atomic mass is 11.4. The van der Waals surface area contributed by atoms with Crippen LogP contribution in [0.5, 0.6) is 0 Å². The fraction of sp³-hybridized carbons (Fsp3) is 0.667. The summed E-state index contributed by atoms with van der Waals surface area (Å²) in [6, 6.07) is 0. The van der Waals surface area contributed by atoms with Crippen LogP contribution in [-0.4, -0.2) is 36.1 Å². The molecule has 0 aliphatic carbocycles. The van der Waals surface area contributed by atoms with Gasteiger partial charge < -0.3 is 20.4 Å². The van der Waals surface area contributed by atoms with Crippen molar-refractivity contribution in [2.75, 3.05) is 14.2 Å². The van der Waals surface area contributed by atoms with Crippen LogP contribution in [-0.2, 0) is 4.74 Å². The topological polar surface area (TPSA) is 98.3 Å². The summed E-state index contributed by atoms with van der Waals surface area (Å²) in [4.78, 5) is 9.15. The Kier molecular flexibility index (Phi) is 32.1. The maximum Gasteiger partial charge on any atom is 0.505 e. The van der Waals surface area contributed by atoms with E-state index in [-0.39, 0.29) is 5.48 Å². The Balaban J connectivity index is -0.0000000750. The lowest BCUT2D eigenvalue weighted by Gasteiger charge is -1.79. The molecule has 0 saturated carbocycles. The summed E-state index contributed by atoms with van der Waals surface area (Å²) in [5.74, 6) is 0. The smallest absolute Gasteiger partial charge is 0.450 e. The van der Waals surface area contributed by atoms with Gasteiger partial charge in [0.25, 0.3) is 0 Å².